The van der Waals surface area contributed by atoms with Crippen LogP contribution in [0.5, 0.6) is 0 Å². The number of halogens is 1. The maximum Gasteiger partial charge on any atom is 0.191 e. The molecule has 1 aromatic carbocycles. The van der Waals surface area contributed by atoms with Gasteiger partial charge in [-0.25, -0.2) is 4.39 Å². The number of nitrogens with zero attached hydrogens (tertiary/aromatic N) is 2. The lowest BCUT2D eigenvalue weighted by Gasteiger charge is -2.26. The number of hydrogen-bond acceptors (Lipinski definition) is 2. The van der Waals surface area contributed by atoms with E-state index < -0.39 is 0 Å². The Morgan fingerprint density at radius 1 is 1.13 bits per heavy atom. The summed E-state index contributed by atoms with van der Waals surface area (Å²) in [6.45, 7) is 5.51. The molecule has 1 heterocycles. The molecule has 0 fully saturated rings. The molecule has 0 spiro atoms. The standard InChI is InChI=1S/C18H23FN4/c1-18(2,14-7-9-15(19)10-8-14)13-23-17(20-3)22-12-16-6-4-5-11-21-16/h4-11H,12-13H2,1-3H3,(H2,20,22,23). The van der Waals surface area contributed by atoms with Gasteiger partial charge >= 0.3 is 0 Å². The minimum atomic E-state index is -0.217. The van der Waals surface area contributed by atoms with Gasteiger partial charge in [0.05, 0.1) is 12.2 Å². The van der Waals surface area contributed by atoms with Gasteiger partial charge in [-0.15, -0.1) is 0 Å². The molecule has 0 atom stereocenters. The van der Waals surface area contributed by atoms with Gasteiger partial charge in [0.25, 0.3) is 0 Å². The summed E-state index contributed by atoms with van der Waals surface area (Å²) in [5.74, 6) is 0.496. The number of guanidine groups is 1. The van der Waals surface area contributed by atoms with E-state index in [0.717, 1.165) is 11.3 Å². The molecule has 0 aliphatic heterocycles. The van der Waals surface area contributed by atoms with E-state index in [1.54, 1.807) is 13.2 Å². The Morgan fingerprint density at radius 2 is 1.87 bits per heavy atom. The average Bonchev–Trinajstić information content (AvgIpc) is 2.56. The predicted octanol–water partition coefficient (Wildman–Crippen LogP) is 2.86. The maximum absolute atomic E-state index is 13.1. The molecule has 0 radical (unpaired) electrons. The van der Waals surface area contributed by atoms with Crippen LogP contribution in [-0.2, 0) is 12.0 Å². The number of nitrogens with one attached hydrogen (secondary N) is 2. The van der Waals surface area contributed by atoms with Gasteiger partial charge in [0.2, 0.25) is 0 Å². The molecular formula is C18H23FN4. The third-order valence-corrected chi connectivity index (χ3v) is 3.71. The maximum atomic E-state index is 13.1. The van der Waals surface area contributed by atoms with Crippen LogP contribution in [0, 0.1) is 5.82 Å². The first kappa shape index (κ1) is 16.9. The summed E-state index contributed by atoms with van der Waals surface area (Å²) >= 11 is 0. The molecule has 4 nitrogen and oxygen atoms in total. The number of rotatable bonds is 5. The van der Waals surface area contributed by atoms with Crippen molar-refractivity contribution in [3.05, 3.63) is 65.7 Å². The van der Waals surface area contributed by atoms with Crippen LogP contribution in [-0.4, -0.2) is 24.5 Å². The Labute approximate surface area is 136 Å². The van der Waals surface area contributed by atoms with E-state index in [0.29, 0.717) is 19.0 Å². The van der Waals surface area contributed by atoms with Crippen LogP contribution < -0.4 is 10.6 Å². The quantitative estimate of drug-likeness (QED) is 0.659. The lowest BCUT2D eigenvalue weighted by Crippen LogP contribution is -2.43. The Morgan fingerprint density at radius 3 is 2.48 bits per heavy atom. The highest BCUT2D eigenvalue weighted by atomic mass is 19.1. The molecule has 0 saturated carbocycles. The Bertz CT molecular complexity index is 636. The Kier molecular flexibility index (Phi) is 5.68. The number of pyridine rings is 1. The van der Waals surface area contributed by atoms with E-state index in [9.17, 15) is 4.39 Å². The van der Waals surface area contributed by atoms with Crippen LogP contribution in [0.15, 0.2) is 53.7 Å². The van der Waals surface area contributed by atoms with Gasteiger partial charge in [-0.1, -0.05) is 32.0 Å². The Hall–Kier alpha value is -2.43. The molecule has 5 heteroatoms. The molecule has 122 valence electrons. The van der Waals surface area contributed by atoms with Crippen molar-refractivity contribution in [2.75, 3.05) is 13.6 Å². The van der Waals surface area contributed by atoms with Gasteiger partial charge in [0.15, 0.2) is 5.96 Å². The molecule has 0 amide bonds. The molecule has 1 aromatic heterocycles. The fourth-order valence-electron chi connectivity index (χ4n) is 2.21. The van der Waals surface area contributed by atoms with Crippen molar-refractivity contribution in [3.8, 4) is 0 Å². The third kappa shape index (κ3) is 5.06. The fraction of sp³-hybridized carbons (Fsp3) is 0.333. The summed E-state index contributed by atoms with van der Waals surface area (Å²) in [5, 5.41) is 6.55. The summed E-state index contributed by atoms with van der Waals surface area (Å²) in [5.41, 5.74) is 1.89. The summed E-state index contributed by atoms with van der Waals surface area (Å²) in [4.78, 5) is 8.49. The molecule has 0 aliphatic rings. The topological polar surface area (TPSA) is 49.3 Å². The fourth-order valence-corrected chi connectivity index (χ4v) is 2.21. The van der Waals surface area contributed by atoms with Crippen molar-refractivity contribution < 1.29 is 4.39 Å². The van der Waals surface area contributed by atoms with Gasteiger partial charge in [-0.2, -0.15) is 0 Å². The minimum absolute atomic E-state index is 0.143. The van der Waals surface area contributed by atoms with E-state index in [-0.39, 0.29) is 11.2 Å². The van der Waals surface area contributed by atoms with Gasteiger partial charge in [-0.05, 0) is 29.8 Å². The van der Waals surface area contributed by atoms with Gasteiger partial charge in [0.1, 0.15) is 5.82 Å². The summed E-state index contributed by atoms with van der Waals surface area (Å²) < 4.78 is 13.1. The van der Waals surface area contributed by atoms with Crippen molar-refractivity contribution in [2.24, 2.45) is 4.99 Å². The number of benzene rings is 1. The van der Waals surface area contributed by atoms with Crippen LogP contribution in [0.3, 0.4) is 0 Å². The SMILES string of the molecule is CN=C(NCc1ccccn1)NCC(C)(C)c1ccc(F)cc1. The van der Waals surface area contributed by atoms with Crippen molar-refractivity contribution in [1.82, 2.24) is 15.6 Å². The minimum Gasteiger partial charge on any atom is -0.356 e. The lowest BCUT2D eigenvalue weighted by molar-refractivity contribution is 0.506. The zero-order valence-corrected chi connectivity index (χ0v) is 13.8. The smallest absolute Gasteiger partial charge is 0.191 e. The highest BCUT2D eigenvalue weighted by molar-refractivity contribution is 5.79. The lowest BCUT2D eigenvalue weighted by atomic mass is 9.84. The zero-order chi connectivity index (χ0) is 16.7. The average molecular weight is 314 g/mol. The third-order valence-electron chi connectivity index (χ3n) is 3.71. The van der Waals surface area contributed by atoms with E-state index in [4.69, 9.17) is 0 Å². The molecule has 0 saturated heterocycles. The molecule has 0 bridgehead atoms. The van der Waals surface area contributed by atoms with Crippen molar-refractivity contribution in [2.45, 2.75) is 25.8 Å². The normalized spacial score (nSPS) is 12.1. The largest absolute Gasteiger partial charge is 0.356 e. The molecule has 2 N–H and O–H groups in total. The van der Waals surface area contributed by atoms with E-state index in [1.165, 1.54) is 12.1 Å². The van der Waals surface area contributed by atoms with Crippen LogP contribution in [0.2, 0.25) is 0 Å². The first-order valence-electron chi connectivity index (χ1n) is 7.62. The molecule has 2 rings (SSSR count). The molecular weight excluding hydrogens is 291 g/mol. The first-order valence-corrected chi connectivity index (χ1v) is 7.62. The molecule has 0 unspecified atom stereocenters. The van der Waals surface area contributed by atoms with Crippen LogP contribution >= 0.6 is 0 Å². The monoisotopic (exact) mass is 314 g/mol. The van der Waals surface area contributed by atoms with E-state index in [1.807, 2.05) is 30.3 Å². The van der Waals surface area contributed by atoms with Crippen LogP contribution in [0.1, 0.15) is 25.1 Å². The number of aromatic nitrogens is 1. The van der Waals surface area contributed by atoms with Crippen molar-refractivity contribution in [3.63, 3.8) is 0 Å². The van der Waals surface area contributed by atoms with E-state index >= 15 is 0 Å². The second-order valence-corrected chi connectivity index (χ2v) is 5.99. The zero-order valence-electron chi connectivity index (χ0n) is 13.8. The summed E-state index contributed by atoms with van der Waals surface area (Å²) in [7, 11) is 1.73. The highest BCUT2D eigenvalue weighted by Crippen LogP contribution is 2.22. The second-order valence-electron chi connectivity index (χ2n) is 5.99. The molecule has 0 aliphatic carbocycles. The molecule has 2 aromatic rings. The van der Waals surface area contributed by atoms with Gasteiger partial charge in [0, 0.05) is 25.2 Å². The van der Waals surface area contributed by atoms with E-state index in [2.05, 4.69) is 34.5 Å². The second kappa shape index (κ2) is 7.72. The van der Waals surface area contributed by atoms with Crippen molar-refractivity contribution in [1.29, 1.82) is 0 Å². The van der Waals surface area contributed by atoms with Crippen molar-refractivity contribution >= 4 is 5.96 Å². The molecule has 23 heavy (non-hydrogen) atoms. The highest BCUT2D eigenvalue weighted by Gasteiger charge is 2.20. The predicted molar refractivity (Wildman–Crippen MR) is 91.9 cm³/mol. The first-order chi connectivity index (χ1) is 11.0. The van der Waals surface area contributed by atoms with Crippen LogP contribution in [0.4, 0.5) is 4.39 Å². The Balaban J connectivity index is 1.90. The van der Waals surface area contributed by atoms with Gasteiger partial charge < -0.3 is 10.6 Å². The number of aliphatic imine (C=N–C) groups is 1. The number of hydrogen-bond donors (Lipinski definition) is 2. The van der Waals surface area contributed by atoms with Gasteiger partial charge in [-0.3, -0.25) is 9.98 Å². The van der Waals surface area contributed by atoms with Crippen LogP contribution in [0.25, 0.3) is 0 Å². The summed E-state index contributed by atoms with van der Waals surface area (Å²) in [6, 6.07) is 12.4. The summed E-state index contributed by atoms with van der Waals surface area (Å²) in [6.07, 6.45) is 1.77.